The van der Waals surface area contributed by atoms with Gasteiger partial charge in [-0.05, 0) is 31.8 Å². The zero-order chi connectivity index (χ0) is 12.1. The smallest absolute Gasteiger partial charge is 0.147 e. The van der Waals surface area contributed by atoms with Crippen LogP contribution in [0.15, 0.2) is 12.4 Å². The fraction of sp³-hybridized carbons (Fsp3) is 0.692. The third-order valence-corrected chi connectivity index (χ3v) is 3.66. The number of hydrogen-bond donors (Lipinski definition) is 0. The summed E-state index contributed by atoms with van der Waals surface area (Å²) in [5.41, 5.74) is 1.02. The first-order valence-corrected chi connectivity index (χ1v) is 6.84. The van der Waals surface area contributed by atoms with Crippen LogP contribution in [-0.4, -0.2) is 28.0 Å². The second kappa shape index (κ2) is 6.31. The van der Waals surface area contributed by atoms with Crippen molar-refractivity contribution in [1.29, 1.82) is 0 Å². The SMILES string of the molecule is CCCC1CCN(Cc2cnc(Cl)cn2)CC1. The monoisotopic (exact) mass is 253 g/mol. The third kappa shape index (κ3) is 3.93. The molecule has 1 aromatic rings. The van der Waals surface area contributed by atoms with Gasteiger partial charge >= 0.3 is 0 Å². The normalized spacial score (nSPS) is 18.5. The van der Waals surface area contributed by atoms with E-state index in [-0.39, 0.29) is 0 Å². The van der Waals surface area contributed by atoms with E-state index in [2.05, 4.69) is 21.8 Å². The average Bonchev–Trinajstić information content (AvgIpc) is 2.35. The Morgan fingerprint density at radius 2 is 2.06 bits per heavy atom. The average molecular weight is 254 g/mol. The first-order chi connectivity index (χ1) is 8.28. The Bertz CT molecular complexity index is 331. The van der Waals surface area contributed by atoms with E-state index >= 15 is 0 Å². The lowest BCUT2D eigenvalue weighted by Gasteiger charge is -2.31. The zero-order valence-electron chi connectivity index (χ0n) is 10.4. The van der Waals surface area contributed by atoms with Crippen LogP contribution in [0, 0.1) is 5.92 Å². The van der Waals surface area contributed by atoms with Crippen molar-refractivity contribution in [2.75, 3.05) is 13.1 Å². The second-order valence-electron chi connectivity index (χ2n) is 4.84. The molecule has 17 heavy (non-hydrogen) atoms. The van der Waals surface area contributed by atoms with Gasteiger partial charge in [-0.15, -0.1) is 0 Å². The number of rotatable bonds is 4. The van der Waals surface area contributed by atoms with Crippen molar-refractivity contribution in [2.45, 2.75) is 39.2 Å². The molecule has 1 fully saturated rings. The number of hydrogen-bond acceptors (Lipinski definition) is 3. The van der Waals surface area contributed by atoms with Gasteiger partial charge in [0, 0.05) is 6.54 Å². The Morgan fingerprint density at radius 3 is 2.65 bits per heavy atom. The second-order valence-corrected chi connectivity index (χ2v) is 5.23. The Labute approximate surface area is 108 Å². The molecule has 0 amide bonds. The highest BCUT2D eigenvalue weighted by Crippen LogP contribution is 2.22. The van der Waals surface area contributed by atoms with Gasteiger partial charge in [-0.3, -0.25) is 9.88 Å². The van der Waals surface area contributed by atoms with E-state index in [1.54, 1.807) is 12.4 Å². The minimum absolute atomic E-state index is 0.468. The topological polar surface area (TPSA) is 29.0 Å². The fourth-order valence-electron chi connectivity index (χ4n) is 2.49. The Morgan fingerprint density at radius 1 is 1.29 bits per heavy atom. The van der Waals surface area contributed by atoms with E-state index in [1.807, 2.05) is 0 Å². The summed E-state index contributed by atoms with van der Waals surface area (Å²) < 4.78 is 0. The first kappa shape index (κ1) is 12.8. The first-order valence-electron chi connectivity index (χ1n) is 6.46. The molecule has 0 atom stereocenters. The summed E-state index contributed by atoms with van der Waals surface area (Å²) >= 11 is 5.72. The Hall–Kier alpha value is -0.670. The number of nitrogens with zero attached hydrogens (tertiary/aromatic N) is 3. The predicted molar refractivity (Wildman–Crippen MR) is 70.0 cm³/mol. The summed E-state index contributed by atoms with van der Waals surface area (Å²) in [5.74, 6) is 0.938. The van der Waals surface area contributed by atoms with Crippen LogP contribution in [0.5, 0.6) is 0 Å². The molecule has 1 aromatic heterocycles. The fourth-order valence-corrected chi connectivity index (χ4v) is 2.59. The lowest BCUT2D eigenvalue weighted by Crippen LogP contribution is -2.33. The van der Waals surface area contributed by atoms with Gasteiger partial charge in [0.05, 0.1) is 18.1 Å². The molecule has 2 rings (SSSR count). The van der Waals surface area contributed by atoms with Crippen LogP contribution < -0.4 is 0 Å². The van der Waals surface area contributed by atoms with Crippen LogP contribution in [0.25, 0.3) is 0 Å². The van der Waals surface area contributed by atoms with Crippen molar-refractivity contribution < 1.29 is 0 Å². The number of halogens is 1. The molecule has 0 aliphatic carbocycles. The minimum Gasteiger partial charge on any atom is -0.297 e. The van der Waals surface area contributed by atoms with E-state index in [0.717, 1.165) is 18.2 Å². The Kier molecular flexibility index (Phi) is 4.75. The van der Waals surface area contributed by atoms with Gasteiger partial charge in [0.25, 0.3) is 0 Å². The van der Waals surface area contributed by atoms with E-state index in [0.29, 0.717) is 5.15 Å². The van der Waals surface area contributed by atoms with Crippen molar-refractivity contribution >= 4 is 11.6 Å². The summed E-state index contributed by atoms with van der Waals surface area (Å²) in [7, 11) is 0. The molecule has 0 unspecified atom stereocenters. The van der Waals surface area contributed by atoms with Crippen LogP contribution in [0.1, 0.15) is 38.3 Å². The number of aromatic nitrogens is 2. The highest BCUT2D eigenvalue weighted by atomic mass is 35.5. The summed E-state index contributed by atoms with van der Waals surface area (Å²) in [6, 6.07) is 0. The molecular formula is C13H20ClN3. The molecule has 0 radical (unpaired) electrons. The standard InChI is InChI=1S/C13H20ClN3/c1-2-3-11-4-6-17(7-5-11)10-12-8-16-13(14)9-15-12/h8-9,11H,2-7,10H2,1H3. The highest BCUT2D eigenvalue weighted by molar-refractivity contribution is 6.29. The van der Waals surface area contributed by atoms with Crippen LogP contribution in [-0.2, 0) is 6.54 Å². The van der Waals surface area contributed by atoms with Crippen LogP contribution >= 0.6 is 11.6 Å². The lowest BCUT2D eigenvalue weighted by atomic mass is 9.92. The molecule has 2 heterocycles. The van der Waals surface area contributed by atoms with E-state index in [9.17, 15) is 0 Å². The molecule has 0 saturated carbocycles. The van der Waals surface area contributed by atoms with Gasteiger partial charge in [-0.1, -0.05) is 31.4 Å². The molecule has 4 heteroatoms. The summed E-state index contributed by atoms with van der Waals surface area (Å²) in [5, 5.41) is 0.468. The molecule has 0 bridgehead atoms. The van der Waals surface area contributed by atoms with Gasteiger partial charge < -0.3 is 0 Å². The molecule has 0 spiro atoms. The van der Waals surface area contributed by atoms with Gasteiger partial charge in [-0.25, -0.2) is 4.98 Å². The predicted octanol–water partition coefficient (Wildman–Crippen LogP) is 3.14. The van der Waals surface area contributed by atoms with Crippen molar-refractivity contribution in [3.63, 3.8) is 0 Å². The third-order valence-electron chi connectivity index (χ3n) is 3.46. The minimum atomic E-state index is 0.468. The van der Waals surface area contributed by atoms with Crippen molar-refractivity contribution in [1.82, 2.24) is 14.9 Å². The summed E-state index contributed by atoms with van der Waals surface area (Å²) in [4.78, 5) is 10.8. The van der Waals surface area contributed by atoms with Gasteiger partial charge in [-0.2, -0.15) is 0 Å². The maximum absolute atomic E-state index is 5.72. The van der Waals surface area contributed by atoms with Crippen LogP contribution in [0.3, 0.4) is 0 Å². The molecule has 0 aromatic carbocycles. The van der Waals surface area contributed by atoms with E-state index in [4.69, 9.17) is 11.6 Å². The van der Waals surface area contributed by atoms with E-state index < -0.39 is 0 Å². The summed E-state index contributed by atoms with van der Waals surface area (Å²) in [6.07, 6.45) is 8.76. The molecule has 94 valence electrons. The quantitative estimate of drug-likeness (QED) is 0.826. The molecule has 1 aliphatic heterocycles. The van der Waals surface area contributed by atoms with Crippen molar-refractivity contribution in [2.24, 2.45) is 5.92 Å². The van der Waals surface area contributed by atoms with Gasteiger partial charge in [0.15, 0.2) is 0 Å². The largest absolute Gasteiger partial charge is 0.297 e. The Balaban J connectivity index is 1.79. The maximum Gasteiger partial charge on any atom is 0.147 e. The maximum atomic E-state index is 5.72. The molecule has 1 aliphatic rings. The number of piperidine rings is 1. The molecular weight excluding hydrogens is 234 g/mol. The number of likely N-dealkylation sites (tertiary alicyclic amines) is 1. The molecule has 0 N–H and O–H groups in total. The van der Waals surface area contributed by atoms with E-state index in [1.165, 1.54) is 38.8 Å². The molecule has 1 saturated heterocycles. The van der Waals surface area contributed by atoms with Gasteiger partial charge in [0.1, 0.15) is 5.15 Å². The van der Waals surface area contributed by atoms with Crippen molar-refractivity contribution in [3.8, 4) is 0 Å². The summed E-state index contributed by atoms with van der Waals surface area (Å²) in [6.45, 7) is 5.56. The van der Waals surface area contributed by atoms with Crippen LogP contribution in [0.2, 0.25) is 5.15 Å². The zero-order valence-corrected chi connectivity index (χ0v) is 11.2. The van der Waals surface area contributed by atoms with Gasteiger partial charge in [0.2, 0.25) is 0 Å². The highest BCUT2D eigenvalue weighted by Gasteiger charge is 2.18. The lowest BCUT2D eigenvalue weighted by molar-refractivity contribution is 0.170. The van der Waals surface area contributed by atoms with Crippen LogP contribution in [0.4, 0.5) is 0 Å². The van der Waals surface area contributed by atoms with Crippen molar-refractivity contribution in [3.05, 3.63) is 23.2 Å². The molecule has 3 nitrogen and oxygen atoms in total.